The Hall–Kier alpha value is -2.68. The molecular formula is C14H18N4O5. The summed E-state index contributed by atoms with van der Waals surface area (Å²) in [5, 5.41) is 10.6. The number of carbonyl (C=O) groups is 2. The van der Waals surface area contributed by atoms with Crippen molar-refractivity contribution < 1.29 is 19.2 Å². The molecule has 1 saturated heterocycles. The smallest absolute Gasteiger partial charge is 0.269 e. The number of nitrogens with two attached hydrogens (primary N) is 1. The third-order valence-corrected chi connectivity index (χ3v) is 3.70. The SMILES string of the molecule is NNC(=O)C1CCCN(C(=O)COc2ccc([N+](=O)[O-])cc2)C1. The van der Waals surface area contributed by atoms with E-state index in [1.165, 1.54) is 24.3 Å². The minimum Gasteiger partial charge on any atom is -0.484 e. The number of non-ortho nitro benzene ring substituents is 1. The van der Waals surface area contributed by atoms with Crippen LogP contribution in [0.5, 0.6) is 5.75 Å². The number of hydrogen-bond acceptors (Lipinski definition) is 6. The van der Waals surface area contributed by atoms with Gasteiger partial charge in [0.1, 0.15) is 5.75 Å². The van der Waals surface area contributed by atoms with E-state index in [0.29, 0.717) is 25.3 Å². The number of amides is 2. The van der Waals surface area contributed by atoms with Gasteiger partial charge in [-0.2, -0.15) is 0 Å². The maximum Gasteiger partial charge on any atom is 0.269 e. The number of carbonyl (C=O) groups excluding carboxylic acids is 2. The lowest BCUT2D eigenvalue weighted by molar-refractivity contribution is -0.384. The Bertz CT molecular complexity index is 589. The molecule has 0 aromatic heterocycles. The summed E-state index contributed by atoms with van der Waals surface area (Å²) < 4.78 is 5.34. The summed E-state index contributed by atoms with van der Waals surface area (Å²) in [6.07, 6.45) is 1.41. The number of nitrogens with one attached hydrogen (secondary N) is 1. The topological polar surface area (TPSA) is 128 Å². The summed E-state index contributed by atoms with van der Waals surface area (Å²) in [5.41, 5.74) is 2.06. The molecular weight excluding hydrogens is 304 g/mol. The van der Waals surface area contributed by atoms with Crippen molar-refractivity contribution in [3.63, 3.8) is 0 Å². The van der Waals surface area contributed by atoms with Crippen LogP contribution in [0.25, 0.3) is 0 Å². The van der Waals surface area contributed by atoms with Gasteiger partial charge >= 0.3 is 0 Å². The van der Waals surface area contributed by atoms with E-state index in [4.69, 9.17) is 10.6 Å². The predicted octanol–water partition coefficient (Wildman–Crippen LogP) is 0.202. The molecule has 0 spiro atoms. The van der Waals surface area contributed by atoms with Crippen molar-refractivity contribution in [2.75, 3.05) is 19.7 Å². The van der Waals surface area contributed by atoms with Gasteiger partial charge in [-0.1, -0.05) is 0 Å². The Morgan fingerprint density at radius 2 is 2.09 bits per heavy atom. The van der Waals surface area contributed by atoms with Crippen molar-refractivity contribution in [2.45, 2.75) is 12.8 Å². The Morgan fingerprint density at radius 1 is 1.39 bits per heavy atom. The minimum atomic E-state index is -0.509. The van der Waals surface area contributed by atoms with Crippen molar-refractivity contribution >= 4 is 17.5 Å². The number of ether oxygens (including phenoxy) is 1. The number of nitrogens with zero attached hydrogens (tertiary/aromatic N) is 2. The molecule has 0 saturated carbocycles. The van der Waals surface area contributed by atoms with Gasteiger partial charge in [-0.25, -0.2) is 5.84 Å². The van der Waals surface area contributed by atoms with Crippen LogP contribution in [-0.2, 0) is 9.59 Å². The Kier molecular flexibility index (Phi) is 5.47. The van der Waals surface area contributed by atoms with E-state index in [-0.39, 0.29) is 30.0 Å². The molecule has 9 nitrogen and oxygen atoms in total. The second-order valence-corrected chi connectivity index (χ2v) is 5.23. The average Bonchev–Trinajstić information content (AvgIpc) is 2.59. The maximum atomic E-state index is 12.1. The predicted molar refractivity (Wildman–Crippen MR) is 80.2 cm³/mol. The molecule has 0 aliphatic carbocycles. The van der Waals surface area contributed by atoms with Gasteiger partial charge in [-0.15, -0.1) is 0 Å². The number of hydrogen-bond donors (Lipinski definition) is 2. The van der Waals surface area contributed by atoms with Gasteiger partial charge in [-0.05, 0) is 25.0 Å². The fraction of sp³-hybridized carbons (Fsp3) is 0.429. The molecule has 3 N–H and O–H groups in total. The zero-order chi connectivity index (χ0) is 16.8. The second-order valence-electron chi connectivity index (χ2n) is 5.23. The fourth-order valence-corrected chi connectivity index (χ4v) is 2.44. The second kappa shape index (κ2) is 7.54. The number of nitro benzene ring substituents is 1. The van der Waals surface area contributed by atoms with Crippen LogP contribution < -0.4 is 16.0 Å². The molecule has 1 fully saturated rings. The Labute approximate surface area is 132 Å². The van der Waals surface area contributed by atoms with E-state index in [1.807, 2.05) is 0 Å². The van der Waals surface area contributed by atoms with Crippen molar-refractivity contribution in [1.82, 2.24) is 10.3 Å². The lowest BCUT2D eigenvalue weighted by atomic mass is 9.97. The number of benzene rings is 1. The highest BCUT2D eigenvalue weighted by Gasteiger charge is 2.28. The lowest BCUT2D eigenvalue weighted by Gasteiger charge is -2.31. The number of hydrazine groups is 1. The summed E-state index contributed by atoms with van der Waals surface area (Å²) in [7, 11) is 0. The van der Waals surface area contributed by atoms with Gasteiger partial charge in [0, 0.05) is 25.2 Å². The van der Waals surface area contributed by atoms with E-state index in [9.17, 15) is 19.7 Å². The fourth-order valence-electron chi connectivity index (χ4n) is 2.44. The van der Waals surface area contributed by atoms with Crippen LogP contribution in [0.2, 0.25) is 0 Å². The average molecular weight is 322 g/mol. The molecule has 2 rings (SSSR count). The van der Waals surface area contributed by atoms with Gasteiger partial charge in [-0.3, -0.25) is 25.1 Å². The molecule has 9 heteroatoms. The van der Waals surface area contributed by atoms with Crippen molar-refractivity contribution in [3.8, 4) is 5.75 Å². The lowest BCUT2D eigenvalue weighted by Crippen LogP contribution is -2.48. The highest BCUT2D eigenvalue weighted by molar-refractivity contribution is 5.81. The molecule has 0 bridgehead atoms. The molecule has 1 aliphatic rings. The van der Waals surface area contributed by atoms with Crippen LogP contribution in [-0.4, -0.2) is 41.3 Å². The number of piperidine rings is 1. The molecule has 1 atom stereocenters. The molecule has 1 aromatic rings. The van der Waals surface area contributed by atoms with E-state index < -0.39 is 4.92 Å². The van der Waals surface area contributed by atoms with E-state index >= 15 is 0 Å². The monoisotopic (exact) mass is 322 g/mol. The zero-order valence-electron chi connectivity index (χ0n) is 12.4. The Balaban J connectivity index is 1.86. The van der Waals surface area contributed by atoms with Crippen molar-refractivity contribution in [2.24, 2.45) is 11.8 Å². The molecule has 124 valence electrons. The van der Waals surface area contributed by atoms with Crippen LogP contribution >= 0.6 is 0 Å². The molecule has 23 heavy (non-hydrogen) atoms. The Morgan fingerprint density at radius 3 is 2.70 bits per heavy atom. The summed E-state index contributed by atoms with van der Waals surface area (Å²) >= 11 is 0. The van der Waals surface area contributed by atoms with Crippen LogP contribution in [0.4, 0.5) is 5.69 Å². The number of likely N-dealkylation sites (tertiary alicyclic amines) is 1. The quantitative estimate of drug-likeness (QED) is 0.345. The highest BCUT2D eigenvalue weighted by Crippen LogP contribution is 2.19. The first-order valence-corrected chi connectivity index (χ1v) is 7.16. The van der Waals surface area contributed by atoms with E-state index in [1.54, 1.807) is 4.90 Å². The van der Waals surface area contributed by atoms with Gasteiger partial charge in [0.25, 0.3) is 11.6 Å². The van der Waals surface area contributed by atoms with Gasteiger partial charge in [0.05, 0.1) is 10.8 Å². The summed E-state index contributed by atoms with van der Waals surface area (Å²) in [5.74, 6) is 4.66. The van der Waals surface area contributed by atoms with Crippen LogP contribution in [0.15, 0.2) is 24.3 Å². The third kappa shape index (κ3) is 4.39. The number of nitro groups is 1. The van der Waals surface area contributed by atoms with Crippen molar-refractivity contribution in [3.05, 3.63) is 34.4 Å². The zero-order valence-corrected chi connectivity index (χ0v) is 12.4. The summed E-state index contributed by atoms with van der Waals surface area (Å²) in [6.45, 7) is 0.692. The molecule has 2 amide bonds. The molecule has 1 aromatic carbocycles. The summed E-state index contributed by atoms with van der Waals surface area (Å²) in [6, 6.07) is 5.49. The first kappa shape index (κ1) is 16.7. The van der Waals surface area contributed by atoms with Crippen LogP contribution in [0, 0.1) is 16.0 Å². The van der Waals surface area contributed by atoms with Gasteiger partial charge in [0.15, 0.2) is 6.61 Å². The third-order valence-electron chi connectivity index (χ3n) is 3.70. The molecule has 0 radical (unpaired) electrons. The van der Waals surface area contributed by atoms with Crippen molar-refractivity contribution in [1.29, 1.82) is 0 Å². The first-order valence-electron chi connectivity index (χ1n) is 7.16. The molecule has 1 aliphatic heterocycles. The van der Waals surface area contributed by atoms with Gasteiger partial charge < -0.3 is 9.64 Å². The van der Waals surface area contributed by atoms with E-state index in [2.05, 4.69) is 5.43 Å². The van der Waals surface area contributed by atoms with E-state index in [0.717, 1.165) is 6.42 Å². The maximum absolute atomic E-state index is 12.1. The van der Waals surface area contributed by atoms with Gasteiger partial charge in [0.2, 0.25) is 5.91 Å². The summed E-state index contributed by atoms with van der Waals surface area (Å²) in [4.78, 5) is 35.3. The standard InChI is InChI=1S/C14H18N4O5/c15-16-14(20)10-2-1-7-17(8-10)13(19)9-23-12-5-3-11(4-6-12)18(21)22/h3-6,10H,1-2,7-9,15H2,(H,16,20). The molecule has 1 unspecified atom stereocenters. The first-order chi connectivity index (χ1) is 11.0. The van der Waals surface area contributed by atoms with Crippen LogP contribution in [0.1, 0.15) is 12.8 Å². The highest BCUT2D eigenvalue weighted by atomic mass is 16.6. The number of rotatable bonds is 5. The minimum absolute atomic E-state index is 0.0460. The largest absolute Gasteiger partial charge is 0.484 e. The normalized spacial score (nSPS) is 17.4. The van der Waals surface area contributed by atoms with Crippen LogP contribution in [0.3, 0.4) is 0 Å². The molecule has 1 heterocycles.